The molecule has 0 aromatic carbocycles. The van der Waals surface area contributed by atoms with Gasteiger partial charge in [0.05, 0.1) is 6.10 Å². The normalized spacial score (nSPS) is 17.6. The minimum atomic E-state index is -2.48. The van der Waals surface area contributed by atoms with Crippen molar-refractivity contribution >= 4 is 7.37 Å². The number of allylic oxidation sites excluding steroid dienone is 1. The van der Waals surface area contributed by atoms with E-state index in [9.17, 15) is 4.57 Å². The fraction of sp³-hybridized carbons (Fsp3) is 0.778. The van der Waals surface area contributed by atoms with Gasteiger partial charge in [0, 0.05) is 6.66 Å². The Morgan fingerprint density at radius 3 is 2.08 bits per heavy atom. The number of hydrogen-bond donors (Lipinski definition) is 0. The van der Waals surface area contributed by atoms with Crippen LogP contribution in [0.3, 0.4) is 0 Å². The van der Waals surface area contributed by atoms with E-state index in [0.717, 1.165) is 0 Å². The summed E-state index contributed by atoms with van der Waals surface area (Å²) in [5, 5.41) is 0. The molecule has 12 heavy (non-hydrogen) atoms. The summed E-state index contributed by atoms with van der Waals surface area (Å²) in [7, 11) is -2.48. The fourth-order valence-electron chi connectivity index (χ4n) is 0.782. The molecule has 3 heteroatoms. The second-order valence-electron chi connectivity index (χ2n) is 3.65. The van der Waals surface area contributed by atoms with Gasteiger partial charge in [-0.05, 0) is 25.6 Å². The van der Waals surface area contributed by atoms with Gasteiger partial charge in [0.15, 0.2) is 0 Å². The van der Waals surface area contributed by atoms with E-state index >= 15 is 0 Å². The molecule has 0 spiro atoms. The smallest absolute Gasteiger partial charge is 0.222 e. The molecule has 72 valence electrons. The highest BCUT2D eigenvalue weighted by Gasteiger charge is 2.12. The Morgan fingerprint density at radius 1 is 1.25 bits per heavy atom. The standard InChI is InChI=1S/C9H19O2P/c1-8(2)6-7-12(5,10)11-9(3)4/h6-9H,1-5H3/b7-6+. The summed E-state index contributed by atoms with van der Waals surface area (Å²) in [6.07, 6.45) is 1.95. The van der Waals surface area contributed by atoms with Crippen LogP contribution in [0.4, 0.5) is 0 Å². The Labute approximate surface area is 75.5 Å². The largest absolute Gasteiger partial charge is 0.323 e. The van der Waals surface area contributed by atoms with E-state index in [1.165, 1.54) is 0 Å². The highest BCUT2D eigenvalue weighted by atomic mass is 31.2. The molecule has 2 nitrogen and oxygen atoms in total. The molecule has 0 aliphatic rings. The van der Waals surface area contributed by atoms with E-state index in [-0.39, 0.29) is 6.10 Å². The molecule has 0 bridgehead atoms. The van der Waals surface area contributed by atoms with Crippen molar-refractivity contribution in [3.63, 3.8) is 0 Å². The van der Waals surface area contributed by atoms with Crippen molar-refractivity contribution in [1.29, 1.82) is 0 Å². The molecule has 0 saturated carbocycles. The molecule has 0 rings (SSSR count). The third kappa shape index (κ3) is 6.63. The van der Waals surface area contributed by atoms with Crippen LogP contribution >= 0.6 is 7.37 Å². The first-order valence-electron chi connectivity index (χ1n) is 4.28. The third-order valence-corrected chi connectivity index (χ3v) is 2.72. The van der Waals surface area contributed by atoms with E-state index < -0.39 is 7.37 Å². The molecule has 1 atom stereocenters. The molecule has 0 aromatic rings. The zero-order chi connectivity index (χ0) is 9.78. The summed E-state index contributed by atoms with van der Waals surface area (Å²) in [6.45, 7) is 9.52. The second kappa shape index (κ2) is 4.84. The maximum absolute atomic E-state index is 11.6. The van der Waals surface area contributed by atoms with Gasteiger partial charge < -0.3 is 4.52 Å². The van der Waals surface area contributed by atoms with Crippen LogP contribution in [0.25, 0.3) is 0 Å². The van der Waals surface area contributed by atoms with Crippen LogP contribution in [-0.4, -0.2) is 12.8 Å². The average Bonchev–Trinajstić information content (AvgIpc) is 1.81. The van der Waals surface area contributed by atoms with Gasteiger partial charge in [-0.3, -0.25) is 4.57 Å². The molecule has 0 radical (unpaired) electrons. The summed E-state index contributed by atoms with van der Waals surface area (Å²) >= 11 is 0. The van der Waals surface area contributed by atoms with Crippen molar-refractivity contribution in [1.82, 2.24) is 0 Å². The molecule has 0 amide bonds. The lowest BCUT2D eigenvalue weighted by Gasteiger charge is -2.12. The van der Waals surface area contributed by atoms with E-state index in [1.54, 1.807) is 12.5 Å². The Morgan fingerprint density at radius 2 is 1.75 bits per heavy atom. The first kappa shape index (κ1) is 11.9. The van der Waals surface area contributed by atoms with Crippen molar-refractivity contribution in [3.05, 3.63) is 11.9 Å². The molecule has 0 N–H and O–H groups in total. The minimum absolute atomic E-state index is 0.0256. The molecule has 0 heterocycles. The zero-order valence-electron chi connectivity index (χ0n) is 8.57. The topological polar surface area (TPSA) is 26.3 Å². The van der Waals surface area contributed by atoms with Crippen molar-refractivity contribution in [2.24, 2.45) is 5.92 Å². The lowest BCUT2D eigenvalue weighted by Crippen LogP contribution is -1.98. The van der Waals surface area contributed by atoms with Gasteiger partial charge in [0.25, 0.3) is 0 Å². The van der Waals surface area contributed by atoms with Gasteiger partial charge in [-0.1, -0.05) is 19.9 Å². The summed E-state index contributed by atoms with van der Waals surface area (Å²) in [5.74, 6) is 2.12. The molecule has 0 saturated heterocycles. The van der Waals surface area contributed by atoms with Gasteiger partial charge in [-0.2, -0.15) is 0 Å². The van der Waals surface area contributed by atoms with E-state index in [0.29, 0.717) is 5.92 Å². The van der Waals surface area contributed by atoms with Crippen LogP contribution in [-0.2, 0) is 9.09 Å². The van der Waals surface area contributed by atoms with Crippen molar-refractivity contribution in [2.45, 2.75) is 33.8 Å². The number of hydrogen-bond acceptors (Lipinski definition) is 2. The maximum atomic E-state index is 11.6. The summed E-state index contributed by atoms with van der Waals surface area (Å²) in [6, 6.07) is 0. The van der Waals surface area contributed by atoms with Crippen LogP contribution in [0.2, 0.25) is 0 Å². The molecule has 0 fully saturated rings. The Balaban J connectivity index is 4.13. The molecule has 0 aliphatic carbocycles. The summed E-state index contributed by atoms with van der Waals surface area (Å²) < 4.78 is 16.9. The van der Waals surface area contributed by atoms with Crippen molar-refractivity contribution < 1.29 is 9.09 Å². The zero-order valence-corrected chi connectivity index (χ0v) is 9.47. The van der Waals surface area contributed by atoms with Gasteiger partial charge in [-0.25, -0.2) is 0 Å². The predicted molar refractivity (Wildman–Crippen MR) is 53.7 cm³/mol. The van der Waals surface area contributed by atoms with Gasteiger partial charge in [0.1, 0.15) is 0 Å². The van der Waals surface area contributed by atoms with Gasteiger partial charge >= 0.3 is 0 Å². The molecule has 1 unspecified atom stereocenters. The first-order valence-corrected chi connectivity index (χ1v) is 6.42. The van der Waals surface area contributed by atoms with Gasteiger partial charge in [0.2, 0.25) is 7.37 Å². The lowest BCUT2D eigenvalue weighted by atomic mass is 10.2. The van der Waals surface area contributed by atoms with E-state index in [2.05, 4.69) is 0 Å². The number of rotatable bonds is 4. The van der Waals surface area contributed by atoms with Crippen LogP contribution in [0.15, 0.2) is 11.9 Å². The SMILES string of the molecule is CC(C)/C=C/P(C)(=O)OC(C)C. The lowest BCUT2D eigenvalue weighted by molar-refractivity contribution is 0.251. The summed E-state index contributed by atoms with van der Waals surface area (Å²) in [4.78, 5) is 0. The highest BCUT2D eigenvalue weighted by Crippen LogP contribution is 2.45. The fourth-order valence-corrected chi connectivity index (χ4v) is 2.35. The second-order valence-corrected chi connectivity index (χ2v) is 5.97. The molecular weight excluding hydrogens is 171 g/mol. The van der Waals surface area contributed by atoms with Crippen LogP contribution in [0.1, 0.15) is 27.7 Å². The maximum Gasteiger partial charge on any atom is 0.222 e. The highest BCUT2D eigenvalue weighted by molar-refractivity contribution is 7.61. The third-order valence-electron chi connectivity index (χ3n) is 1.16. The van der Waals surface area contributed by atoms with Crippen LogP contribution < -0.4 is 0 Å². The van der Waals surface area contributed by atoms with Crippen LogP contribution in [0.5, 0.6) is 0 Å². The molecule has 0 aromatic heterocycles. The monoisotopic (exact) mass is 190 g/mol. The molecule has 0 aliphatic heterocycles. The quantitative estimate of drug-likeness (QED) is 0.634. The van der Waals surface area contributed by atoms with Crippen LogP contribution in [0, 0.1) is 5.92 Å². The average molecular weight is 190 g/mol. The first-order chi connectivity index (χ1) is 5.33. The Kier molecular flexibility index (Phi) is 4.81. The van der Waals surface area contributed by atoms with Crippen molar-refractivity contribution in [3.8, 4) is 0 Å². The minimum Gasteiger partial charge on any atom is -0.323 e. The van der Waals surface area contributed by atoms with E-state index in [1.807, 2.05) is 33.8 Å². The van der Waals surface area contributed by atoms with E-state index in [4.69, 9.17) is 4.52 Å². The van der Waals surface area contributed by atoms with Gasteiger partial charge in [-0.15, -0.1) is 0 Å². The summed E-state index contributed by atoms with van der Waals surface area (Å²) in [5.41, 5.74) is 0. The van der Waals surface area contributed by atoms with Crippen molar-refractivity contribution in [2.75, 3.05) is 6.66 Å². The Bertz CT molecular complexity index is 195. The Hall–Kier alpha value is -0.0700. The predicted octanol–water partition coefficient (Wildman–Crippen LogP) is 3.49. The molecular formula is C9H19O2P.